The highest BCUT2D eigenvalue weighted by molar-refractivity contribution is 14.1. The molecule has 0 bridgehead atoms. The van der Waals surface area contributed by atoms with E-state index < -0.39 is 6.10 Å². The van der Waals surface area contributed by atoms with E-state index in [4.69, 9.17) is 16.3 Å². The molecule has 0 amide bonds. The highest BCUT2D eigenvalue weighted by Crippen LogP contribution is 2.47. The van der Waals surface area contributed by atoms with Gasteiger partial charge in [-0.3, -0.25) is 0 Å². The van der Waals surface area contributed by atoms with Gasteiger partial charge in [-0.2, -0.15) is 10.5 Å². The summed E-state index contributed by atoms with van der Waals surface area (Å²) in [5.41, 5.74) is 7.97. The van der Waals surface area contributed by atoms with Crippen LogP contribution in [0, 0.1) is 22.7 Å². The van der Waals surface area contributed by atoms with E-state index in [-0.39, 0.29) is 5.57 Å². The van der Waals surface area contributed by atoms with Gasteiger partial charge in [0.2, 0.25) is 0 Å². The summed E-state index contributed by atoms with van der Waals surface area (Å²) in [5.74, 6) is 0. The lowest BCUT2D eigenvalue weighted by Gasteiger charge is -2.07. The van der Waals surface area contributed by atoms with E-state index in [1.807, 2.05) is 34.7 Å². The second-order valence-corrected chi connectivity index (χ2v) is 4.89. The minimum atomic E-state index is -0.884. The van der Waals surface area contributed by atoms with Gasteiger partial charge >= 0.3 is 0 Å². The number of aliphatic hydroxyl groups is 1. The minimum absolute atomic E-state index is 0.0337. The number of nitrogens with two attached hydrogens (primary N) is 1. The molecule has 1 aromatic carbocycles. The second-order valence-electron chi connectivity index (χ2n) is 3.73. The number of rotatable bonds is 0. The lowest BCUT2D eigenvalue weighted by atomic mass is 10.0. The largest absolute Gasteiger partial charge is 0.393 e. The van der Waals surface area contributed by atoms with E-state index in [1.54, 1.807) is 24.3 Å². The Bertz CT molecular complexity index is 642. The van der Waals surface area contributed by atoms with Gasteiger partial charge in [-0.25, -0.2) is 0 Å². The summed E-state index contributed by atoms with van der Waals surface area (Å²) in [6.45, 7) is 0. The number of nitrogens with zero attached hydrogens (tertiary/aromatic N) is 2. The summed E-state index contributed by atoms with van der Waals surface area (Å²) in [5, 5.41) is 28.3. The van der Waals surface area contributed by atoms with Crippen LogP contribution < -0.4 is 5.73 Å². The van der Waals surface area contributed by atoms with Crippen molar-refractivity contribution in [2.24, 2.45) is 5.73 Å². The first-order valence-electron chi connectivity index (χ1n) is 5.09. The summed E-state index contributed by atoms with van der Waals surface area (Å²) < 4.78 is 0.384. The lowest BCUT2D eigenvalue weighted by Crippen LogP contribution is -2.01. The van der Waals surface area contributed by atoms with E-state index in [2.05, 4.69) is 0 Å². The van der Waals surface area contributed by atoms with Crippen molar-refractivity contribution < 1.29 is 5.11 Å². The Kier molecular flexibility index (Phi) is 3.37. The average molecular weight is 349 g/mol. The van der Waals surface area contributed by atoms with Crippen LogP contribution in [-0.2, 0) is 0 Å². The molecule has 1 unspecified atom stereocenters. The molecule has 4 nitrogen and oxygen atoms in total. The Morgan fingerprint density at radius 2 is 1.89 bits per heavy atom. The zero-order valence-corrected chi connectivity index (χ0v) is 11.3. The Labute approximate surface area is 118 Å². The summed E-state index contributed by atoms with van der Waals surface area (Å²) >= 11 is 1.88. The summed E-state index contributed by atoms with van der Waals surface area (Å²) in [4.78, 5) is 0. The van der Waals surface area contributed by atoms with Crippen molar-refractivity contribution in [1.29, 1.82) is 10.5 Å². The number of nitriles is 2. The number of benzene rings is 1. The zero-order valence-electron chi connectivity index (χ0n) is 9.18. The van der Waals surface area contributed by atoms with Gasteiger partial charge < -0.3 is 10.8 Å². The van der Waals surface area contributed by atoms with Crippen LogP contribution in [0.1, 0.15) is 17.2 Å². The van der Waals surface area contributed by atoms with Crippen molar-refractivity contribution in [3.8, 4) is 12.1 Å². The molecule has 0 spiro atoms. The van der Waals surface area contributed by atoms with Crippen molar-refractivity contribution in [2.75, 3.05) is 0 Å². The van der Waals surface area contributed by atoms with Crippen LogP contribution in [0.25, 0.3) is 5.57 Å². The third kappa shape index (κ3) is 1.78. The number of aliphatic hydroxyl groups excluding tert-OH is 1. The van der Waals surface area contributed by atoms with Gasteiger partial charge in [-0.15, -0.1) is 0 Å². The fourth-order valence-electron chi connectivity index (χ4n) is 2.06. The molecule has 1 aromatic rings. The van der Waals surface area contributed by atoms with E-state index in [0.717, 1.165) is 0 Å². The smallest absolute Gasteiger partial charge is 0.137 e. The third-order valence-corrected chi connectivity index (χ3v) is 3.38. The molecule has 3 N–H and O–H groups in total. The Hall–Kier alpha value is -1.83. The lowest BCUT2D eigenvalue weighted by molar-refractivity contribution is 0.225. The SMILES string of the molecule is N#CC(C#N)=C1/C(=C(/N)I)C(O)c2ccccc21. The van der Waals surface area contributed by atoms with Crippen molar-refractivity contribution >= 4 is 28.2 Å². The molecule has 5 heteroatoms. The van der Waals surface area contributed by atoms with Crippen molar-refractivity contribution in [3.63, 3.8) is 0 Å². The van der Waals surface area contributed by atoms with Crippen LogP contribution in [-0.4, -0.2) is 5.11 Å². The maximum Gasteiger partial charge on any atom is 0.137 e. The fourth-order valence-corrected chi connectivity index (χ4v) is 2.62. The fraction of sp³-hybridized carbons (Fsp3) is 0.0769. The van der Waals surface area contributed by atoms with Crippen LogP contribution in [0.2, 0.25) is 0 Å². The monoisotopic (exact) mass is 349 g/mol. The standard InChI is InChI=1S/C13H8IN3O/c14-13(17)11-10(7(5-15)6-16)8-3-1-2-4-9(8)12(11)18/h1-4,12,18H,17H2/b13-11-. The Morgan fingerprint density at radius 1 is 1.28 bits per heavy atom. The molecule has 2 rings (SSSR count). The van der Waals surface area contributed by atoms with Crippen LogP contribution in [0.4, 0.5) is 0 Å². The molecule has 1 aliphatic rings. The minimum Gasteiger partial charge on any atom is -0.393 e. The Balaban J connectivity index is 2.87. The maximum absolute atomic E-state index is 10.2. The summed E-state index contributed by atoms with van der Waals surface area (Å²) in [6.07, 6.45) is -0.884. The molecule has 1 aliphatic carbocycles. The van der Waals surface area contributed by atoms with Crippen LogP contribution in [0.3, 0.4) is 0 Å². The molecular formula is C13H8IN3O. The zero-order chi connectivity index (χ0) is 13.3. The van der Waals surface area contributed by atoms with Gasteiger partial charge in [-0.1, -0.05) is 24.3 Å². The molecule has 0 saturated heterocycles. The predicted octanol–water partition coefficient (Wildman–Crippen LogP) is 2.14. The van der Waals surface area contributed by atoms with Crippen LogP contribution in [0.5, 0.6) is 0 Å². The number of halogens is 1. The van der Waals surface area contributed by atoms with E-state index in [0.29, 0.717) is 26.0 Å². The van der Waals surface area contributed by atoms with Crippen molar-refractivity contribution in [1.82, 2.24) is 0 Å². The maximum atomic E-state index is 10.2. The normalized spacial score (nSPS) is 19.8. The molecule has 1 atom stereocenters. The predicted molar refractivity (Wildman–Crippen MR) is 74.8 cm³/mol. The Morgan fingerprint density at radius 3 is 2.44 bits per heavy atom. The van der Waals surface area contributed by atoms with Gasteiger partial charge in [-0.05, 0) is 33.7 Å². The van der Waals surface area contributed by atoms with Gasteiger partial charge in [0.05, 0.1) is 3.70 Å². The van der Waals surface area contributed by atoms with Gasteiger partial charge in [0.25, 0.3) is 0 Å². The number of fused-ring (bicyclic) bond motifs is 1. The second kappa shape index (κ2) is 4.81. The van der Waals surface area contributed by atoms with Crippen LogP contribution >= 0.6 is 22.6 Å². The van der Waals surface area contributed by atoms with Gasteiger partial charge in [0.1, 0.15) is 23.8 Å². The number of hydrogen-bond acceptors (Lipinski definition) is 4. The molecule has 0 radical (unpaired) electrons. The molecule has 0 aliphatic heterocycles. The molecule has 0 fully saturated rings. The van der Waals surface area contributed by atoms with Crippen molar-refractivity contribution in [3.05, 3.63) is 50.2 Å². The quantitative estimate of drug-likeness (QED) is 0.426. The highest BCUT2D eigenvalue weighted by atomic mass is 127. The summed E-state index contributed by atoms with van der Waals surface area (Å²) in [6, 6.07) is 10.8. The molecular weight excluding hydrogens is 341 g/mol. The van der Waals surface area contributed by atoms with E-state index >= 15 is 0 Å². The molecule has 0 saturated carbocycles. The summed E-state index contributed by atoms with van der Waals surface area (Å²) in [7, 11) is 0. The van der Waals surface area contributed by atoms with E-state index in [1.165, 1.54) is 0 Å². The first-order chi connectivity index (χ1) is 8.61. The third-order valence-electron chi connectivity index (χ3n) is 2.80. The highest BCUT2D eigenvalue weighted by Gasteiger charge is 2.33. The average Bonchev–Trinajstić information content (AvgIpc) is 2.66. The topological polar surface area (TPSA) is 93.8 Å². The van der Waals surface area contributed by atoms with Gasteiger partial charge in [0, 0.05) is 11.1 Å². The molecule has 0 aromatic heterocycles. The van der Waals surface area contributed by atoms with Crippen LogP contribution in [0.15, 0.2) is 39.1 Å². The van der Waals surface area contributed by atoms with Gasteiger partial charge in [0.15, 0.2) is 0 Å². The molecule has 18 heavy (non-hydrogen) atoms. The number of allylic oxidation sites excluding steroid dienone is 1. The first kappa shape index (κ1) is 12.6. The molecule has 88 valence electrons. The van der Waals surface area contributed by atoms with Crippen molar-refractivity contribution in [2.45, 2.75) is 6.10 Å². The molecule has 0 heterocycles. The van der Waals surface area contributed by atoms with E-state index in [9.17, 15) is 5.11 Å². The number of hydrogen-bond donors (Lipinski definition) is 2. The first-order valence-corrected chi connectivity index (χ1v) is 6.17.